The van der Waals surface area contributed by atoms with Crippen molar-refractivity contribution in [2.45, 2.75) is 19.5 Å². The van der Waals surface area contributed by atoms with Crippen molar-refractivity contribution in [1.29, 1.82) is 10.5 Å². The molecule has 5 heteroatoms. The zero-order valence-electron chi connectivity index (χ0n) is 10.4. The van der Waals surface area contributed by atoms with E-state index < -0.39 is 0 Å². The van der Waals surface area contributed by atoms with Crippen molar-refractivity contribution >= 4 is 6.08 Å². The van der Waals surface area contributed by atoms with Crippen molar-refractivity contribution in [3.05, 3.63) is 48.3 Å². The lowest BCUT2D eigenvalue weighted by Crippen LogP contribution is -2.03. The summed E-state index contributed by atoms with van der Waals surface area (Å²) < 4.78 is 4.06. The highest BCUT2D eigenvalue weighted by Crippen LogP contribution is 2.09. The Morgan fingerprint density at radius 2 is 2.11 bits per heavy atom. The van der Waals surface area contributed by atoms with Crippen LogP contribution in [0.3, 0.4) is 0 Å². The SMILES string of the molecule is N#CC(C#N)=Cc1cccn1CCCn1ccnc1. The van der Waals surface area contributed by atoms with E-state index >= 15 is 0 Å². The second kappa shape index (κ2) is 6.23. The molecule has 0 atom stereocenters. The van der Waals surface area contributed by atoms with Crippen LogP contribution in [0.5, 0.6) is 0 Å². The van der Waals surface area contributed by atoms with Crippen molar-refractivity contribution in [2.75, 3.05) is 0 Å². The zero-order chi connectivity index (χ0) is 13.5. The van der Waals surface area contributed by atoms with Crippen LogP contribution in [0.2, 0.25) is 0 Å². The van der Waals surface area contributed by atoms with Crippen LogP contribution in [-0.2, 0) is 13.1 Å². The average Bonchev–Trinajstić information content (AvgIpc) is 3.08. The van der Waals surface area contributed by atoms with Gasteiger partial charge in [0.25, 0.3) is 0 Å². The number of nitrogens with zero attached hydrogens (tertiary/aromatic N) is 5. The van der Waals surface area contributed by atoms with Crippen LogP contribution < -0.4 is 0 Å². The first-order valence-corrected chi connectivity index (χ1v) is 5.96. The van der Waals surface area contributed by atoms with Gasteiger partial charge < -0.3 is 9.13 Å². The molecular formula is C14H13N5. The van der Waals surface area contributed by atoms with Gasteiger partial charge in [0, 0.05) is 37.4 Å². The highest BCUT2D eigenvalue weighted by Gasteiger charge is 2.00. The number of nitriles is 2. The van der Waals surface area contributed by atoms with E-state index in [4.69, 9.17) is 10.5 Å². The van der Waals surface area contributed by atoms with E-state index in [1.165, 1.54) is 0 Å². The molecule has 0 unspecified atom stereocenters. The number of hydrogen-bond acceptors (Lipinski definition) is 3. The average molecular weight is 251 g/mol. The molecule has 94 valence electrons. The Bertz CT molecular complexity index is 618. The second-order valence-corrected chi connectivity index (χ2v) is 4.06. The Labute approximate surface area is 111 Å². The van der Waals surface area contributed by atoms with Gasteiger partial charge in [-0.2, -0.15) is 10.5 Å². The summed E-state index contributed by atoms with van der Waals surface area (Å²) in [5.41, 5.74) is 0.998. The monoisotopic (exact) mass is 251 g/mol. The molecule has 2 heterocycles. The van der Waals surface area contributed by atoms with Crippen LogP contribution in [0.1, 0.15) is 12.1 Å². The van der Waals surface area contributed by atoms with E-state index in [9.17, 15) is 0 Å². The molecule has 0 N–H and O–H groups in total. The largest absolute Gasteiger partial charge is 0.348 e. The maximum atomic E-state index is 8.76. The van der Waals surface area contributed by atoms with E-state index in [0.717, 1.165) is 25.2 Å². The number of aryl methyl sites for hydroxylation is 2. The smallest absolute Gasteiger partial charge is 0.131 e. The number of hydrogen-bond donors (Lipinski definition) is 0. The number of imidazole rings is 1. The fraction of sp³-hybridized carbons (Fsp3) is 0.214. The highest BCUT2D eigenvalue weighted by atomic mass is 15.0. The minimum Gasteiger partial charge on any atom is -0.348 e. The molecule has 2 rings (SSSR count). The Kier molecular flexibility index (Phi) is 4.15. The van der Waals surface area contributed by atoms with Gasteiger partial charge in [-0.15, -0.1) is 0 Å². The van der Waals surface area contributed by atoms with Crippen LogP contribution in [-0.4, -0.2) is 14.1 Å². The lowest BCUT2D eigenvalue weighted by Gasteiger charge is -2.06. The van der Waals surface area contributed by atoms with E-state index in [1.807, 2.05) is 45.8 Å². The van der Waals surface area contributed by atoms with Gasteiger partial charge in [-0.05, 0) is 24.6 Å². The van der Waals surface area contributed by atoms with E-state index in [0.29, 0.717) is 0 Å². The molecule has 19 heavy (non-hydrogen) atoms. The van der Waals surface area contributed by atoms with Crippen molar-refractivity contribution in [2.24, 2.45) is 0 Å². The van der Waals surface area contributed by atoms with Crippen LogP contribution in [0.15, 0.2) is 42.6 Å². The molecule has 2 aromatic rings. The van der Waals surface area contributed by atoms with Gasteiger partial charge in [0.15, 0.2) is 0 Å². The summed E-state index contributed by atoms with van der Waals surface area (Å²) in [4.78, 5) is 3.99. The Morgan fingerprint density at radius 1 is 1.26 bits per heavy atom. The molecule has 0 bridgehead atoms. The molecule has 0 saturated carbocycles. The fourth-order valence-corrected chi connectivity index (χ4v) is 1.84. The maximum absolute atomic E-state index is 8.76. The molecule has 0 saturated heterocycles. The lowest BCUT2D eigenvalue weighted by molar-refractivity contribution is 0.563. The van der Waals surface area contributed by atoms with Crippen LogP contribution >= 0.6 is 0 Å². The Balaban J connectivity index is 1.99. The number of rotatable bonds is 5. The number of allylic oxidation sites excluding steroid dienone is 1. The summed E-state index contributed by atoms with van der Waals surface area (Å²) in [6, 6.07) is 7.55. The van der Waals surface area contributed by atoms with Crippen LogP contribution in [0.25, 0.3) is 6.08 Å². The second-order valence-electron chi connectivity index (χ2n) is 4.06. The van der Waals surface area contributed by atoms with E-state index in [-0.39, 0.29) is 5.57 Å². The first kappa shape index (κ1) is 12.7. The molecule has 0 radical (unpaired) electrons. The minimum atomic E-state index is 0.120. The van der Waals surface area contributed by atoms with Gasteiger partial charge in [-0.25, -0.2) is 4.98 Å². The standard InChI is InChI=1S/C14H13N5/c15-10-13(11-16)9-14-3-1-6-19(14)7-2-5-18-8-4-17-12-18/h1,3-4,6,8-9,12H,2,5,7H2. The Morgan fingerprint density at radius 3 is 2.79 bits per heavy atom. The topological polar surface area (TPSA) is 70.3 Å². The van der Waals surface area contributed by atoms with E-state index in [1.54, 1.807) is 18.6 Å². The summed E-state index contributed by atoms with van der Waals surface area (Å²) in [6.45, 7) is 1.73. The molecule has 0 aromatic carbocycles. The predicted octanol–water partition coefficient (Wildman–Crippen LogP) is 2.21. The normalized spacial score (nSPS) is 9.58. The van der Waals surface area contributed by atoms with Crippen molar-refractivity contribution < 1.29 is 0 Å². The fourth-order valence-electron chi connectivity index (χ4n) is 1.84. The van der Waals surface area contributed by atoms with Gasteiger partial charge in [0.2, 0.25) is 0 Å². The van der Waals surface area contributed by atoms with Crippen molar-refractivity contribution in [3.63, 3.8) is 0 Å². The summed E-state index contributed by atoms with van der Waals surface area (Å²) in [5, 5.41) is 17.5. The van der Waals surface area contributed by atoms with Gasteiger partial charge in [-0.3, -0.25) is 0 Å². The van der Waals surface area contributed by atoms with Crippen LogP contribution in [0.4, 0.5) is 0 Å². The molecule has 0 spiro atoms. The molecule has 5 nitrogen and oxygen atoms in total. The Hall–Kier alpha value is -2.79. The van der Waals surface area contributed by atoms with Gasteiger partial charge in [0.1, 0.15) is 17.7 Å². The minimum absolute atomic E-state index is 0.120. The first-order valence-electron chi connectivity index (χ1n) is 5.96. The summed E-state index contributed by atoms with van der Waals surface area (Å²) >= 11 is 0. The molecule has 0 fully saturated rings. The van der Waals surface area contributed by atoms with Crippen molar-refractivity contribution in [1.82, 2.24) is 14.1 Å². The summed E-state index contributed by atoms with van der Waals surface area (Å²) in [6.07, 6.45) is 10.00. The zero-order valence-corrected chi connectivity index (χ0v) is 10.4. The highest BCUT2D eigenvalue weighted by molar-refractivity contribution is 5.60. The summed E-state index contributed by atoms with van der Waals surface area (Å²) in [7, 11) is 0. The quantitative estimate of drug-likeness (QED) is 0.765. The summed E-state index contributed by atoms with van der Waals surface area (Å²) in [5.74, 6) is 0. The molecule has 0 aliphatic carbocycles. The third kappa shape index (κ3) is 3.34. The number of aromatic nitrogens is 3. The van der Waals surface area contributed by atoms with Crippen LogP contribution in [0, 0.1) is 22.7 Å². The molecule has 2 aromatic heterocycles. The predicted molar refractivity (Wildman–Crippen MR) is 70.5 cm³/mol. The van der Waals surface area contributed by atoms with Crippen molar-refractivity contribution in [3.8, 4) is 12.1 Å². The van der Waals surface area contributed by atoms with Gasteiger partial charge in [0.05, 0.1) is 6.33 Å². The van der Waals surface area contributed by atoms with Gasteiger partial charge in [-0.1, -0.05) is 0 Å². The first-order chi connectivity index (χ1) is 9.33. The molecular weight excluding hydrogens is 238 g/mol. The molecule has 0 aliphatic rings. The maximum Gasteiger partial charge on any atom is 0.131 e. The van der Waals surface area contributed by atoms with E-state index in [2.05, 4.69) is 4.98 Å². The molecule has 0 amide bonds. The third-order valence-electron chi connectivity index (χ3n) is 2.77. The van der Waals surface area contributed by atoms with Gasteiger partial charge >= 0.3 is 0 Å². The third-order valence-corrected chi connectivity index (χ3v) is 2.77. The molecule has 0 aliphatic heterocycles. The lowest BCUT2D eigenvalue weighted by atomic mass is 10.2.